The van der Waals surface area contributed by atoms with Crippen LogP contribution in [0.15, 0.2) is 24.4 Å². The van der Waals surface area contributed by atoms with E-state index in [1.165, 1.54) is 10.9 Å². The van der Waals surface area contributed by atoms with Gasteiger partial charge in [-0.05, 0) is 25.0 Å². The van der Waals surface area contributed by atoms with Gasteiger partial charge >= 0.3 is 0 Å². The lowest BCUT2D eigenvalue weighted by Gasteiger charge is -2.10. The molecule has 5 nitrogen and oxygen atoms in total. The van der Waals surface area contributed by atoms with Gasteiger partial charge in [0.05, 0.1) is 6.20 Å². The Labute approximate surface area is 106 Å². The maximum Gasteiger partial charge on any atom is 0.261 e. The zero-order valence-electron chi connectivity index (χ0n) is 10.7. The number of carbonyl (C=O) groups excluding carboxylic acids is 1. The van der Waals surface area contributed by atoms with Gasteiger partial charge in [0.25, 0.3) is 5.91 Å². The fourth-order valence-corrected chi connectivity index (χ4v) is 1.81. The van der Waals surface area contributed by atoms with Crippen molar-refractivity contribution < 1.29 is 4.79 Å². The highest BCUT2D eigenvalue weighted by Gasteiger charge is 2.15. The van der Waals surface area contributed by atoms with E-state index in [9.17, 15) is 4.79 Å². The zero-order chi connectivity index (χ0) is 13.3. The molecule has 0 saturated carbocycles. The van der Waals surface area contributed by atoms with Crippen molar-refractivity contribution in [3.63, 3.8) is 0 Å². The van der Waals surface area contributed by atoms with Crippen LogP contribution in [0.3, 0.4) is 0 Å². The summed E-state index contributed by atoms with van der Waals surface area (Å²) in [6.45, 7) is 3.91. The molecule has 0 atom stereocenters. The molecule has 0 saturated heterocycles. The number of anilines is 2. The standard InChI is InChI=1S/C13H16N4O/c1-8-5-4-6-9(2)11(8)16-13(18)10-7-15-17(3)12(10)14/h4-7H,14H2,1-3H3,(H,16,18). The van der Waals surface area contributed by atoms with E-state index in [1.807, 2.05) is 32.0 Å². The molecule has 0 aliphatic heterocycles. The van der Waals surface area contributed by atoms with Gasteiger partial charge in [-0.3, -0.25) is 9.48 Å². The fraction of sp³-hybridized carbons (Fsp3) is 0.231. The molecule has 0 aliphatic carbocycles. The molecule has 0 radical (unpaired) electrons. The van der Waals surface area contributed by atoms with Gasteiger partial charge in [-0.1, -0.05) is 18.2 Å². The maximum atomic E-state index is 12.1. The first-order valence-electron chi connectivity index (χ1n) is 5.65. The number of nitrogen functional groups attached to an aromatic ring is 1. The minimum absolute atomic E-state index is 0.238. The summed E-state index contributed by atoms with van der Waals surface area (Å²) in [6, 6.07) is 5.86. The van der Waals surface area contributed by atoms with Gasteiger partial charge in [0, 0.05) is 12.7 Å². The quantitative estimate of drug-likeness (QED) is 0.847. The Morgan fingerprint density at radius 2 is 1.94 bits per heavy atom. The zero-order valence-corrected chi connectivity index (χ0v) is 10.7. The Morgan fingerprint density at radius 1 is 1.33 bits per heavy atom. The average Bonchev–Trinajstić information content (AvgIpc) is 2.65. The van der Waals surface area contributed by atoms with Crippen LogP contribution in [-0.2, 0) is 7.05 Å². The van der Waals surface area contributed by atoms with Gasteiger partial charge in [0.1, 0.15) is 11.4 Å². The van der Waals surface area contributed by atoms with Crippen molar-refractivity contribution in [1.29, 1.82) is 0 Å². The summed E-state index contributed by atoms with van der Waals surface area (Å²) in [4.78, 5) is 12.1. The molecule has 5 heteroatoms. The number of nitrogens with zero attached hydrogens (tertiary/aromatic N) is 2. The summed E-state index contributed by atoms with van der Waals surface area (Å²) in [5.41, 5.74) is 9.03. The van der Waals surface area contributed by atoms with Crippen LogP contribution in [0.4, 0.5) is 11.5 Å². The molecule has 2 aromatic rings. The summed E-state index contributed by atoms with van der Waals surface area (Å²) in [6.07, 6.45) is 1.47. The van der Waals surface area contributed by atoms with Crippen LogP contribution < -0.4 is 11.1 Å². The minimum Gasteiger partial charge on any atom is -0.383 e. The number of aryl methyl sites for hydroxylation is 3. The summed E-state index contributed by atoms with van der Waals surface area (Å²) in [5.74, 6) is 0.122. The molecule has 94 valence electrons. The van der Waals surface area contributed by atoms with Crippen LogP contribution in [-0.4, -0.2) is 15.7 Å². The predicted molar refractivity (Wildman–Crippen MR) is 71.5 cm³/mol. The highest BCUT2D eigenvalue weighted by Crippen LogP contribution is 2.21. The average molecular weight is 244 g/mol. The van der Waals surface area contributed by atoms with E-state index in [1.54, 1.807) is 7.05 Å². The van der Waals surface area contributed by atoms with Crippen LogP contribution in [0, 0.1) is 13.8 Å². The lowest BCUT2D eigenvalue weighted by atomic mass is 10.1. The Hall–Kier alpha value is -2.30. The predicted octanol–water partition coefficient (Wildman–Crippen LogP) is 1.87. The third kappa shape index (κ3) is 2.07. The smallest absolute Gasteiger partial charge is 0.261 e. The van der Waals surface area contributed by atoms with E-state index in [4.69, 9.17) is 5.73 Å². The summed E-state index contributed by atoms with van der Waals surface area (Å²) in [5, 5.41) is 6.83. The molecule has 1 aromatic heterocycles. The van der Waals surface area contributed by atoms with E-state index in [2.05, 4.69) is 10.4 Å². The molecular formula is C13H16N4O. The Balaban J connectivity index is 2.30. The largest absolute Gasteiger partial charge is 0.383 e. The van der Waals surface area contributed by atoms with E-state index in [0.29, 0.717) is 11.4 Å². The molecule has 1 aromatic carbocycles. The van der Waals surface area contributed by atoms with Gasteiger partial charge in [-0.2, -0.15) is 5.10 Å². The molecular weight excluding hydrogens is 228 g/mol. The lowest BCUT2D eigenvalue weighted by molar-refractivity contribution is 0.102. The highest BCUT2D eigenvalue weighted by atomic mass is 16.1. The summed E-state index contributed by atoms with van der Waals surface area (Å²) < 4.78 is 1.47. The molecule has 1 heterocycles. The Kier molecular flexibility index (Phi) is 3.06. The fourth-order valence-electron chi connectivity index (χ4n) is 1.81. The van der Waals surface area contributed by atoms with Gasteiger partial charge < -0.3 is 11.1 Å². The van der Waals surface area contributed by atoms with E-state index in [-0.39, 0.29) is 5.91 Å². The number of aromatic nitrogens is 2. The van der Waals surface area contributed by atoms with Crippen LogP contribution in [0.25, 0.3) is 0 Å². The Morgan fingerprint density at radius 3 is 2.44 bits per heavy atom. The number of rotatable bonds is 2. The topological polar surface area (TPSA) is 72.9 Å². The van der Waals surface area contributed by atoms with Gasteiger partial charge in [-0.25, -0.2) is 0 Å². The van der Waals surface area contributed by atoms with Crippen molar-refractivity contribution in [3.05, 3.63) is 41.1 Å². The third-order valence-electron chi connectivity index (χ3n) is 2.95. The van der Waals surface area contributed by atoms with Gasteiger partial charge in [0.15, 0.2) is 0 Å². The van der Waals surface area contributed by atoms with Crippen LogP contribution in [0.1, 0.15) is 21.5 Å². The number of hydrogen-bond acceptors (Lipinski definition) is 3. The number of benzene rings is 1. The molecule has 0 aliphatic rings. The molecule has 1 amide bonds. The maximum absolute atomic E-state index is 12.1. The SMILES string of the molecule is Cc1cccc(C)c1NC(=O)c1cnn(C)c1N. The Bertz CT molecular complexity index is 581. The number of amides is 1. The van der Waals surface area contributed by atoms with Gasteiger partial charge in [0.2, 0.25) is 0 Å². The number of carbonyl (C=O) groups is 1. The van der Waals surface area contributed by atoms with E-state index in [0.717, 1.165) is 16.8 Å². The van der Waals surface area contributed by atoms with Crippen molar-refractivity contribution in [2.75, 3.05) is 11.1 Å². The number of para-hydroxylation sites is 1. The van der Waals surface area contributed by atoms with Crippen LogP contribution >= 0.6 is 0 Å². The molecule has 18 heavy (non-hydrogen) atoms. The first-order valence-corrected chi connectivity index (χ1v) is 5.65. The second-order valence-corrected chi connectivity index (χ2v) is 4.29. The van der Waals surface area contributed by atoms with Crippen LogP contribution in [0.5, 0.6) is 0 Å². The number of nitrogens with one attached hydrogen (secondary N) is 1. The first kappa shape index (κ1) is 12.2. The molecule has 3 N–H and O–H groups in total. The molecule has 0 spiro atoms. The molecule has 0 bridgehead atoms. The number of nitrogens with two attached hydrogens (primary N) is 1. The molecule has 0 fully saturated rings. The van der Waals surface area contributed by atoms with E-state index < -0.39 is 0 Å². The first-order chi connectivity index (χ1) is 8.50. The molecule has 0 unspecified atom stereocenters. The lowest BCUT2D eigenvalue weighted by Crippen LogP contribution is -2.15. The highest BCUT2D eigenvalue weighted by molar-refractivity contribution is 6.07. The van der Waals surface area contributed by atoms with Crippen molar-refractivity contribution in [1.82, 2.24) is 9.78 Å². The van der Waals surface area contributed by atoms with E-state index >= 15 is 0 Å². The summed E-state index contributed by atoms with van der Waals surface area (Å²) in [7, 11) is 1.70. The van der Waals surface area contributed by atoms with Crippen molar-refractivity contribution in [3.8, 4) is 0 Å². The number of hydrogen-bond donors (Lipinski definition) is 2. The molecule has 2 rings (SSSR count). The summed E-state index contributed by atoms with van der Waals surface area (Å²) >= 11 is 0. The monoisotopic (exact) mass is 244 g/mol. The minimum atomic E-state index is -0.238. The van der Waals surface area contributed by atoms with Gasteiger partial charge in [-0.15, -0.1) is 0 Å². The van der Waals surface area contributed by atoms with Crippen LogP contribution in [0.2, 0.25) is 0 Å². The second-order valence-electron chi connectivity index (χ2n) is 4.29. The van der Waals surface area contributed by atoms with Crippen molar-refractivity contribution >= 4 is 17.4 Å². The third-order valence-corrected chi connectivity index (χ3v) is 2.95. The van der Waals surface area contributed by atoms with Crippen molar-refractivity contribution in [2.45, 2.75) is 13.8 Å². The van der Waals surface area contributed by atoms with Crippen molar-refractivity contribution in [2.24, 2.45) is 7.05 Å². The normalized spacial score (nSPS) is 10.4. The second kappa shape index (κ2) is 4.52.